The van der Waals surface area contributed by atoms with Gasteiger partial charge in [0, 0.05) is 6.20 Å². The van der Waals surface area contributed by atoms with Crippen LogP contribution in [0.15, 0.2) is 15.9 Å². The molecule has 0 bridgehead atoms. The summed E-state index contributed by atoms with van der Waals surface area (Å²) in [6.45, 7) is 3.49. The quantitative estimate of drug-likeness (QED) is 0.606. The molecule has 0 aromatic carbocycles. The first-order valence-electron chi connectivity index (χ1n) is 4.84. The SMILES string of the molecule is Cc1nc(C)c(S)c(-n2[nH]cc(C=O)c2=O)n1. The molecule has 0 amide bonds. The van der Waals surface area contributed by atoms with Gasteiger partial charge in [0.15, 0.2) is 12.1 Å². The van der Waals surface area contributed by atoms with E-state index in [4.69, 9.17) is 0 Å². The molecule has 0 saturated carbocycles. The molecule has 0 fully saturated rings. The highest BCUT2D eigenvalue weighted by atomic mass is 32.1. The summed E-state index contributed by atoms with van der Waals surface area (Å²) in [6, 6.07) is 0. The van der Waals surface area contributed by atoms with Crippen LogP contribution in [0, 0.1) is 13.8 Å². The second-order valence-corrected chi connectivity index (χ2v) is 3.96. The molecule has 0 atom stereocenters. The van der Waals surface area contributed by atoms with Crippen molar-refractivity contribution in [2.24, 2.45) is 0 Å². The van der Waals surface area contributed by atoms with E-state index >= 15 is 0 Å². The Morgan fingerprint density at radius 1 is 1.41 bits per heavy atom. The lowest BCUT2D eigenvalue weighted by atomic mass is 10.4. The summed E-state index contributed by atoms with van der Waals surface area (Å²) in [6.07, 6.45) is 1.82. The molecule has 0 spiro atoms. The maximum Gasteiger partial charge on any atom is 0.283 e. The molecule has 2 heterocycles. The first-order chi connectivity index (χ1) is 8.04. The number of nitrogens with one attached hydrogen (secondary N) is 1. The Hall–Kier alpha value is -1.89. The molecule has 2 aromatic rings. The van der Waals surface area contributed by atoms with Gasteiger partial charge in [-0.05, 0) is 13.8 Å². The molecule has 6 nitrogen and oxygen atoms in total. The number of carbonyl (C=O) groups excluding carboxylic acids is 1. The van der Waals surface area contributed by atoms with Gasteiger partial charge in [-0.3, -0.25) is 14.7 Å². The third-order valence-electron chi connectivity index (χ3n) is 2.29. The lowest BCUT2D eigenvalue weighted by Gasteiger charge is -2.07. The van der Waals surface area contributed by atoms with Crippen molar-refractivity contribution in [3.8, 4) is 5.82 Å². The fraction of sp³-hybridized carbons (Fsp3) is 0.200. The molecule has 7 heteroatoms. The molecule has 0 saturated heterocycles. The monoisotopic (exact) mass is 250 g/mol. The van der Waals surface area contributed by atoms with Gasteiger partial charge in [-0.1, -0.05) is 0 Å². The molecule has 0 aliphatic carbocycles. The third kappa shape index (κ3) is 1.89. The number of aromatic amines is 1. The van der Waals surface area contributed by atoms with Crippen LogP contribution in [-0.2, 0) is 0 Å². The number of aryl methyl sites for hydroxylation is 2. The lowest BCUT2D eigenvalue weighted by Crippen LogP contribution is -2.19. The minimum atomic E-state index is -0.451. The molecular weight excluding hydrogens is 240 g/mol. The average molecular weight is 250 g/mol. The van der Waals surface area contributed by atoms with E-state index in [-0.39, 0.29) is 5.56 Å². The van der Waals surface area contributed by atoms with Crippen molar-refractivity contribution in [1.82, 2.24) is 19.7 Å². The van der Waals surface area contributed by atoms with E-state index in [2.05, 4.69) is 27.7 Å². The maximum atomic E-state index is 11.8. The van der Waals surface area contributed by atoms with Crippen LogP contribution in [0.1, 0.15) is 21.9 Å². The summed E-state index contributed by atoms with van der Waals surface area (Å²) in [5.41, 5.74) is 0.268. The Morgan fingerprint density at radius 3 is 2.71 bits per heavy atom. The van der Waals surface area contributed by atoms with E-state index in [0.29, 0.717) is 28.5 Å². The Kier molecular flexibility index (Phi) is 2.84. The number of H-pyrrole nitrogens is 1. The fourth-order valence-electron chi connectivity index (χ4n) is 1.47. The van der Waals surface area contributed by atoms with Gasteiger partial charge in [0.05, 0.1) is 16.2 Å². The summed E-state index contributed by atoms with van der Waals surface area (Å²) >= 11 is 4.26. The van der Waals surface area contributed by atoms with Crippen LogP contribution >= 0.6 is 12.6 Å². The lowest BCUT2D eigenvalue weighted by molar-refractivity contribution is 0.112. The minimum absolute atomic E-state index is 0.0478. The van der Waals surface area contributed by atoms with Crippen molar-refractivity contribution >= 4 is 18.9 Å². The summed E-state index contributed by atoms with van der Waals surface area (Å²) in [5.74, 6) is 0.876. The van der Waals surface area contributed by atoms with Crippen molar-refractivity contribution in [3.63, 3.8) is 0 Å². The van der Waals surface area contributed by atoms with Crippen molar-refractivity contribution < 1.29 is 4.79 Å². The highest BCUT2D eigenvalue weighted by Gasteiger charge is 2.13. The number of hydrogen-bond donors (Lipinski definition) is 2. The van der Waals surface area contributed by atoms with Crippen LogP contribution < -0.4 is 5.56 Å². The smallest absolute Gasteiger partial charge is 0.283 e. The Bertz CT molecular complexity index is 644. The van der Waals surface area contributed by atoms with Gasteiger partial charge in [0.2, 0.25) is 0 Å². The van der Waals surface area contributed by atoms with Gasteiger partial charge in [-0.25, -0.2) is 9.97 Å². The zero-order valence-corrected chi connectivity index (χ0v) is 10.2. The minimum Gasteiger partial charge on any atom is -0.298 e. The zero-order valence-electron chi connectivity index (χ0n) is 9.26. The van der Waals surface area contributed by atoms with E-state index in [1.165, 1.54) is 10.9 Å². The maximum absolute atomic E-state index is 11.8. The third-order valence-corrected chi connectivity index (χ3v) is 2.81. The van der Waals surface area contributed by atoms with Gasteiger partial charge >= 0.3 is 0 Å². The first kappa shape index (κ1) is 11.6. The van der Waals surface area contributed by atoms with Crippen molar-refractivity contribution in [2.75, 3.05) is 0 Å². The van der Waals surface area contributed by atoms with E-state index in [0.717, 1.165) is 0 Å². The zero-order chi connectivity index (χ0) is 12.6. The highest BCUT2D eigenvalue weighted by Crippen LogP contribution is 2.17. The highest BCUT2D eigenvalue weighted by molar-refractivity contribution is 7.80. The van der Waals surface area contributed by atoms with E-state index < -0.39 is 5.56 Å². The standard InChI is InChI=1S/C10H10N4O2S/c1-5-8(17)9(13-6(2)12-5)14-10(16)7(4-15)3-11-14/h3-4,11,17H,1-2H3. The van der Waals surface area contributed by atoms with Crippen molar-refractivity contribution in [3.05, 3.63) is 33.6 Å². The number of aldehydes is 1. The van der Waals surface area contributed by atoms with Gasteiger partial charge < -0.3 is 0 Å². The summed E-state index contributed by atoms with van der Waals surface area (Å²) in [5, 5.41) is 2.67. The second kappa shape index (κ2) is 4.17. The first-order valence-corrected chi connectivity index (χ1v) is 5.29. The number of thiol groups is 1. The van der Waals surface area contributed by atoms with E-state index in [1.54, 1.807) is 13.8 Å². The largest absolute Gasteiger partial charge is 0.298 e. The Morgan fingerprint density at radius 2 is 2.12 bits per heavy atom. The number of hydrogen-bond acceptors (Lipinski definition) is 5. The molecule has 0 aliphatic rings. The van der Waals surface area contributed by atoms with Crippen LogP contribution in [0.4, 0.5) is 0 Å². The van der Waals surface area contributed by atoms with Gasteiger partial charge in [-0.2, -0.15) is 4.68 Å². The Balaban J connectivity index is 2.72. The van der Waals surface area contributed by atoms with E-state index in [1.807, 2.05) is 0 Å². The number of nitrogens with zero attached hydrogens (tertiary/aromatic N) is 3. The van der Waals surface area contributed by atoms with Gasteiger partial charge in [0.1, 0.15) is 5.82 Å². The predicted molar refractivity (Wildman–Crippen MR) is 64.1 cm³/mol. The molecule has 0 aliphatic heterocycles. The topological polar surface area (TPSA) is 80.6 Å². The number of carbonyl (C=O) groups is 1. The fourth-order valence-corrected chi connectivity index (χ4v) is 1.67. The molecule has 0 radical (unpaired) electrons. The Labute approximate surface area is 102 Å². The predicted octanol–water partition coefficient (Wildman–Crippen LogP) is 0.674. The number of aromatic nitrogens is 4. The molecule has 1 N–H and O–H groups in total. The van der Waals surface area contributed by atoms with Gasteiger partial charge in [0.25, 0.3) is 5.56 Å². The summed E-state index contributed by atoms with van der Waals surface area (Å²) < 4.78 is 1.17. The molecule has 88 valence electrons. The molecule has 0 unspecified atom stereocenters. The molecule has 2 aromatic heterocycles. The van der Waals surface area contributed by atoms with Crippen LogP contribution in [0.3, 0.4) is 0 Å². The number of rotatable bonds is 2. The van der Waals surface area contributed by atoms with Crippen LogP contribution in [0.25, 0.3) is 5.82 Å². The summed E-state index contributed by atoms with van der Waals surface area (Å²) in [7, 11) is 0. The normalized spacial score (nSPS) is 10.5. The van der Waals surface area contributed by atoms with Crippen LogP contribution in [0.2, 0.25) is 0 Å². The second-order valence-electron chi connectivity index (χ2n) is 3.52. The molecular formula is C10H10N4O2S. The average Bonchev–Trinajstić information content (AvgIpc) is 2.65. The molecule has 2 rings (SSSR count). The van der Waals surface area contributed by atoms with Crippen LogP contribution in [0.5, 0.6) is 0 Å². The van der Waals surface area contributed by atoms with Crippen LogP contribution in [-0.4, -0.2) is 26.0 Å². The molecule has 17 heavy (non-hydrogen) atoms. The summed E-state index contributed by atoms with van der Waals surface area (Å²) in [4.78, 5) is 31.2. The van der Waals surface area contributed by atoms with Crippen molar-refractivity contribution in [2.45, 2.75) is 18.7 Å². The van der Waals surface area contributed by atoms with E-state index in [9.17, 15) is 9.59 Å². The van der Waals surface area contributed by atoms with Gasteiger partial charge in [-0.15, -0.1) is 12.6 Å². The van der Waals surface area contributed by atoms with Crippen molar-refractivity contribution in [1.29, 1.82) is 0 Å².